The van der Waals surface area contributed by atoms with Crippen molar-refractivity contribution in [3.05, 3.63) is 0 Å². The minimum absolute atomic E-state index is 0.712. The first-order valence-electron chi connectivity index (χ1n) is 7.55. The predicted molar refractivity (Wildman–Crippen MR) is 80.1 cm³/mol. The van der Waals surface area contributed by atoms with Crippen molar-refractivity contribution >= 4 is 8.80 Å². The highest BCUT2D eigenvalue weighted by Crippen LogP contribution is 2.25. The van der Waals surface area contributed by atoms with E-state index < -0.39 is 8.80 Å². The molecule has 1 rings (SSSR count). The zero-order valence-electron chi connectivity index (χ0n) is 13.4. The molecular formula is C14H32NO3Si+. The molecule has 1 fully saturated rings. The van der Waals surface area contributed by atoms with Crippen molar-refractivity contribution in [2.75, 3.05) is 41.0 Å². The molecule has 0 atom stereocenters. The standard InChI is InChI=1S/C14H32NO3Si/c1-14(2)15(10-7-6-8-11-15)12-9-13-19(16-3,17-4)18-5/h14H,6-13H2,1-5H3/q+1. The van der Waals surface area contributed by atoms with Crippen molar-refractivity contribution in [1.29, 1.82) is 0 Å². The highest BCUT2D eigenvalue weighted by molar-refractivity contribution is 6.60. The summed E-state index contributed by atoms with van der Waals surface area (Å²) in [5, 5.41) is 0. The topological polar surface area (TPSA) is 27.7 Å². The summed E-state index contributed by atoms with van der Waals surface area (Å²) in [7, 11) is 2.72. The van der Waals surface area contributed by atoms with Gasteiger partial charge in [0.15, 0.2) is 0 Å². The molecule has 1 aliphatic rings. The molecule has 0 saturated carbocycles. The van der Waals surface area contributed by atoms with E-state index in [4.69, 9.17) is 13.3 Å². The van der Waals surface area contributed by atoms with E-state index in [2.05, 4.69) is 13.8 Å². The fraction of sp³-hybridized carbons (Fsp3) is 1.00. The van der Waals surface area contributed by atoms with Crippen LogP contribution in [0.3, 0.4) is 0 Å². The van der Waals surface area contributed by atoms with Crippen LogP contribution in [0, 0.1) is 0 Å². The van der Waals surface area contributed by atoms with Gasteiger partial charge in [0.05, 0.1) is 25.7 Å². The molecule has 114 valence electrons. The Balaban J connectivity index is 2.53. The van der Waals surface area contributed by atoms with Crippen molar-refractivity contribution < 1.29 is 17.8 Å². The minimum atomic E-state index is -2.38. The van der Waals surface area contributed by atoms with Gasteiger partial charge in [0.25, 0.3) is 0 Å². The first-order valence-corrected chi connectivity index (χ1v) is 9.48. The molecule has 0 aromatic heterocycles. The largest absolute Gasteiger partial charge is 0.500 e. The fourth-order valence-electron chi connectivity index (χ4n) is 3.31. The molecule has 0 aromatic rings. The summed E-state index contributed by atoms with van der Waals surface area (Å²) in [6.45, 7) is 8.61. The molecule has 1 heterocycles. The lowest BCUT2D eigenvalue weighted by molar-refractivity contribution is -0.951. The average molecular weight is 290 g/mol. The zero-order chi connectivity index (χ0) is 14.4. The Bertz CT molecular complexity index is 243. The van der Waals surface area contributed by atoms with Crippen LogP contribution in [0.15, 0.2) is 0 Å². The van der Waals surface area contributed by atoms with Crippen molar-refractivity contribution in [2.45, 2.75) is 51.6 Å². The lowest BCUT2D eigenvalue weighted by Crippen LogP contribution is -2.57. The molecule has 1 saturated heterocycles. The van der Waals surface area contributed by atoms with E-state index in [0.717, 1.165) is 12.5 Å². The summed E-state index contributed by atoms with van der Waals surface area (Å²) in [4.78, 5) is 0. The number of rotatable bonds is 8. The van der Waals surface area contributed by atoms with Crippen LogP contribution in [0.5, 0.6) is 0 Å². The predicted octanol–water partition coefficient (Wildman–Crippen LogP) is 2.66. The Morgan fingerprint density at radius 3 is 1.89 bits per heavy atom. The summed E-state index contributed by atoms with van der Waals surface area (Å²) < 4.78 is 17.8. The van der Waals surface area contributed by atoms with E-state index >= 15 is 0 Å². The van der Waals surface area contributed by atoms with Gasteiger partial charge in [0.2, 0.25) is 0 Å². The number of hydrogen-bond acceptors (Lipinski definition) is 3. The van der Waals surface area contributed by atoms with Gasteiger partial charge in [-0.2, -0.15) is 0 Å². The van der Waals surface area contributed by atoms with Crippen molar-refractivity contribution in [3.63, 3.8) is 0 Å². The van der Waals surface area contributed by atoms with Gasteiger partial charge in [0.1, 0.15) is 0 Å². The Hall–Kier alpha value is 0.0569. The Labute approximate surface area is 120 Å². The van der Waals surface area contributed by atoms with Crippen LogP contribution >= 0.6 is 0 Å². The van der Waals surface area contributed by atoms with Crippen LogP contribution in [0.2, 0.25) is 6.04 Å². The van der Waals surface area contributed by atoms with Gasteiger partial charge < -0.3 is 17.8 Å². The summed E-state index contributed by atoms with van der Waals surface area (Å²) in [5.41, 5.74) is 0. The molecule has 0 aliphatic carbocycles. The van der Waals surface area contributed by atoms with E-state index in [9.17, 15) is 0 Å². The highest BCUT2D eigenvalue weighted by Gasteiger charge is 2.39. The van der Waals surface area contributed by atoms with Gasteiger partial charge in [-0.25, -0.2) is 0 Å². The molecule has 0 amide bonds. The van der Waals surface area contributed by atoms with Gasteiger partial charge in [-0.1, -0.05) is 0 Å². The molecule has 19 heavy (non-hydrogen) atoms. The number of nitrogens with zero attached hydrogens (tertiary/aromatic N) is 1. The quantitative estimate of drug-likeness (QED) is 0.508. The molecule has 0 bridgehead atoms. The number of quaternary nitrogens is 1. The monoisotopic (exact) mass is 290 g/mol. The minimum Gasteiger partial charge on any atom is -0.377 e. The third-order valence-corrected chi connectivity index (χ3v) is 7.65. The second kappa shape index (κ2) is 7.74. The lowest BCUT2D eigenvalue weighted by Gasteiger charge is -2.45. The van der Waals surface area contributed by atoms with Crippen molar-refractivity contribution in [2.24, 2.45) is 0 Å². The van der Waals surface area contributed by atoms with E-state index in [0.29, 0.717) is 6.04 Å². The third kappa shape index (κ3) is 4.26. The van der Waals surface area contributed by atoms with Crippen LogP contribution in [0.25, 0.3) is 0 Å². The third-order valence-electron chi connectivity index (χ3n) is 4.82. The second-order valence-electron chi connectivity index (χ2n) is 5.94. The van der Waals surface area contributed by atoms with Gasteiger partial charge in [-0.05, 0) is 33.1 Å². The van der Waals surface area contributed by atoms with E-state index in [1.807, 2.05) is 0 Å². The molecule has 0 N–H and O–H groups in total. The number of piperidine rings is 1. The first kappa shape index (κ1) is 17.1. The molecule has 0 aromatic carbocycles. The van der Waals surface area contributed by atoms with Gasteiger partial charge in [-0.15, -0.1) is 0 Å². The molecule has 5 heteroatoms. The fourth-order valence-corrected chi connectivity index (χ4v) is 5.01. The van der Waals surface area contributed by atoms with E-state index in [1.54, 1.807) is 21.3 Å². The Morgan fingerprint density at radius 1 is 0.947 bits per heavy atom. The summed E-state index contributed by atoms with van der Waals surface area (Å²) in [6, 6.07) is 1.63. The average Bonchev–Trinajstić information content (AvgIpc) is 2.45. The summed E-state index contributed by atoms with van der Waals surface area (Å²) in [5.74, 6) is 0. The molecule has 0 unspecified atom stereocenters. The van der Waals surface area contributed by atoms with Gasteiger partial charge in [-0.3, -0.25) is 0 Å². The molecule has 1 aliphatic heterocycles. The second-order valence-corrected chi connectivity index (χ2v) is 9.03. The lowest BCUT2D eigenvalue weighted by atomic mass is 10.0. The van der Waals surface area contributed by atoms with Gasteiger partial charge >= 0.3 is 8.80 Å². The normalized spacial score (nSPS) is 19.9. The molecular weight excluding hydrogens is 258 g/mol. The SMILES string of the molecule is CO[Si](CCC[N+]1(C(C)C)CCCCC1)(OC)OC. The van der Waals surface area contributed by atoms with Crippen LogP contribution in [0.1, 0.15) is 39.5 Å². The van der Waals surface area contributed by atoms with Crippen molar-refractivity contribution in [1.82, 2.24) is 0 Å². The maximum Gasteiger partial charge on any atom is 0.500 e. The van der Waals surface area contributed by atoms with Crippen molar-refractivity contribution in [3.8, 4) is 0 Å². The zero-order valence-corrected chi connectivity index (χ0v) is 14.4. The smallest absolute Gasteiger partial charge is 0.377 e. The summed E-state index contributed by atoms with van der Waals surface area (Å²) in [6.07, 6.45) is 5.28. The van der Waals surface area contributed by atoms with E-state index in [1.165, 1.54) is 43.4 Å². The van der Waals surface area contributed by atoms with Crippen LogP contribution in [-0.2, 0) is 13.3 Å². The highest BCUT2D eigenvalue weighted by atomic mass is 28.4. The maximum atomic E-state index is 5.51. The Kier molecular flexibility index (Phi) is 6.97. The summed E-state index contributed by atoms with van der Waals surface area (Å²) >= 11 is 0. The van der Waals surface area contributed by atoms with Crippen LogP contribution in [0.4, 0.5) is 0 Å². The number of hydrogen-bond donors (Lipinski definition) is 0. The molecule has 0 radical (unpaired) electrons. The Morgan fingerprint density at radius 2 is 1.47 bits per heavy atom. The molecule has 4 nitrogen and oxygen atoms in total. The number of likely N-dealkylation sites (tertiary alicyclic amines) is 1. The van der Waals surface area contributed by atoms with Gasteiger partial charge in [0, 0.05) is 33.8 Å². The van der Waals surface area contributed by atoms with Crippen LogP contribution in [-0.4, -0.2) is 60.3 Å². The van der Waals surface area contributed by atoms with Crippen LogP contribution < -0.4 is 0 Å². The first-order chi connectivity index (χ1) is 9.04. The maximum absolute atomic E-state index is 5.51. The molecule has 0 spiro atoms. The van der Waals surface area contributed by atoms with E-state index in [-0.39, 0.29) is 0 Å².